The van der Waals surface area contributed by atoms with Gasteiger partial charge in [-0.05, 0) is 12.0 Å². The summed E-state index contributed by atoms with van der Waals surface area (Å²) in [5.41, 5.74) is 6.95. The number of aromatic nitrogens is 2. The topological polar surface area (TPSA) is 82.2 Å². The van der Waals surface area contributed by atoms with Gasteiger partial charge < -0.3 is 15.8 Å². The molecule has 6 nitrogen and oxygen atoms in total. The maximum atomic E-state index is 12.0. The van der Waals surface area contributed by atoms with Crippen molar-refractivity contribution in [3.63, 3.8) is 0 Å². The van der Waals surface area contributed by atoms with E-state index >= 15 is 0 Å². The van der Waals surface area contributed by atoms with Gasteiger partial charge in [0.25, 0.3) is 0 Å². The lowest BCUT2D eigenvalue weighted by Gasteiger charge is -2.10. The third kappa shape index (κ3) is 5.48. The first kappa shape index (κ1) is 18.2. The highest BCUT2D eigenvalue weighted by Crippen LogP contribution is 2.06. The highest BCUT2D eigenvalue weighted by Gasteiger charge is 2.15. The number of nitrogens with two attached hydrogens (primary N) is 1. The molecule has 0 aliphatic heterocycles. The van der Waals surface area contributed by atoms with Crippen LogP contribution in [0.4, 0.5) is 5.82 Å². The summed E-state index contributed by atoms with van der Waals surface area (Å²) in [6, 6.07) is 10.8. The Hall–Kier alpha value is -1.89. The second kappa shape index (κ2) is 9.19. The highest BCUT2D eigenvalue weighted by molar-refractivity contribution is 5.94. The molecule has 0 aliphatic rings. The molecule has 120 valence electrons. The van der Waals surface area contributed by atoms with Crippen LogP contribution < -0.4 is 11.1 Å². The van der Waals surface area contributed by atoms with Gasteiger partial charge in [-0.25, -0.2) is 0 Å². The molecule has 0 bridgehead atoms. The van der Waals surface area contributed by atoms with Crippen LogP contribution in [0.15, 0.2) is 42.6 Å². The predicted molar refractivity (Wildman–Crippen MR) is 88.1 cm³/mol. The van der Waals surface area contributed by atoms with Gasteiger partial charge in [0.15, 0.2) is 5.82 Å². The zero-order valence-electron chi connectivity index (χ0n) is 12.4. The van der Waals surface area contributed by atoms with E-state index in [0.717, 1.165) is 5.56 Å². The second-order valence-electron chi connectivity index (χ2n) is 4.74. The van der Waals surface area contributed by atoms with Crippen molar-refractivity contribution in [2.75, 3.05) is 19.0 Å². The molecular formula is C15H21ClN4O2. The molecule has 0 aliphatic carbocycles. The first-order chi connectivity index (χ1) is 10.2. The van der Waals surface area contributed by atoms with E-state index in [4.69, 9.17) is 10.5 Å². The molecule has 1 heterocycles. The van der Waals surface area contributed by atoms with E-state index in [1.54, 1.807) is 24.1 Å². The van der Waals surface area contributed by atoms with Crippen molar-refractivity contribution < 1.29 is 9.53 Å². The lowest BCUT2D eigenvalue weighted by molar-refractivity contribution is -0.117. The summed E-state index contributed by atoms with van der Waals surface area (Å²) >= 11 is 0. The van der Waals surface area contributed by atoms with E-state index in [0.29, 0.717) is 25.4 Å². The minimum Gasteiger partial charge on any atom is -0.383 e. The zero-order valence-corrected chi connectivity index (χ0v) is 13.3. The van der Waals surface area contributed by atoms with Crippen LogP contribution in [0, 0.1) is 0 Å². The molecule has 1 atom stereocenters. The average molecular weight is 325 g/mol. The van der Waals surface area contributed by atoms with Crippen LogP contribution in [0.5, 0.6) is 0 Å². The molecule has 1 aromatic heterocycles. The number of anilines is 1. The van der Waals surface area contributed by atoms with E-state index < -0.39 is 6.04 Å². The SMILES string of the molecule is COCCn1ccc(NC(=O)[C@@H](N)Cc2ccccc2)n1.Cl. The summed E-state index contributed by atoms with van der Waals surface area (Å²) in [7, 11) is 1.63. The lowest BCUT2D eigenvalue weighted by Crippen LogP contribution is -2.37. The van der Waals surface area contributed by atoms with Gasteiger partial charge in [0.2, 0.25) is 5.91 Å². The number of hydrogen-bond acceptors (Lipinski definition) is 4. The molecule has 22 heavy (non-hydrogen) atoms. The zero-order chi connectivity index (χ0) is 15.1. The standard InChI is InChI=1S/C15H20N4O2.ClH/c1-21-10-9-19-8-7-14(18-19)17-15(20)13(16)11-12-5-3-2-4-6-12;/h2-8,13H,9-11,16H2,1H3,(H,17,18,20);1H/t13-;/m0./s1. The van der Waals surface area contributed by atoms with E-state index in [1.807, 2.05) is 30.3 Å². The van der Waals surface area contributed by atoms with Crippen molar-refractivity contribution in [2.45, 2.75) is 19.0 Å². The van der Waals surface area contributed by atoms with Gasteiger partial charge >= 0.3 is 0 Å². The maximum absolute atomic E-state index is 12.0. The third-order valence-electron chi connectivity index (χ3n) is 3.05. The quantitative estimate of drug-likeness (QED) is 0.808. The van der Waals surface area contributed by atoms with Crippen LogP contribution >= 0.6 is 12.4 Å². The van der Waals surface area contributed by atoms with Gasteiger partial charge in [-0.15, -0.1) is 12.4 Å². The summed E-state index contributed by atoms with van der Waals surface area (Å²) in [6.07, 6.45) is 2.29. The number of nitrogens with one attached hydrogen (secondary N) is 1. The Labute approximate surface area is 136 Å². The van der Waals surface area contributed by atoms with Crippen molar-refractivity contribution in [3.8, 4) is 0 Å². The normalized spacial score (nSPS) is 11.5. The van der Waals surface area contributed by atoms with E-state index in [2.05, 4.69) is 10.4 Å². The smallest absolute Gasteiger partial charge is 0.242 e. The van der Waals surface area contributed by atoms with E-state index in [1.165, 1.54) is 0 Å². The minimum atomic E-state index is -0.600. The van der Waals surface area contributed by atoms with Crippen LogP contribution in [0.25, 0.3) is 0 Å². The molecule has 0 fully saturated rings. The molecule has 7 heteroatoms. The van der Waals surface area contributed by atoms with Crippen molar-refractivity contribution in [1.82, 2.24) is 9.78 Å². The molecule has 1 aromatic carbocycles. The monoisotopic (exact) mass is 324 g/mol. The highest BCUT2D eigenvalue weighted by atomic mass is 35.5. The first-order valence-electron chi connectivity index (χ1n) is 6.82. The molecule has 1 amide bonds. The second-order valence-corrected chi connectivity index (χ2v) is 4.74. The van der Waals surface area contributed by atoms with Gasteiger partial charge in [-0.2, -0.15) is 5.10 Å². The molecule has 0 unspecified atom stereocenters. The number of nitrogens with zero attached hydrogens (tertiary/aromatic N) is 2. The van der Waals surface area contributed by atoms with Gasteiger partial charge in [-0.1, -0.05) is 30.3 Å². The first-order valence-corrected chi connectivity index (χ1v) is 6.82. The number of methoxy groups -OCH3 is 1. The van der Waals surface area contributed by atoms with Crippen molar-refractivity contribution >= 4 is 24.1 Å². The fourth-order valence-electron chi connectivity index (χ4n) is 1.92. The molecule has 2 aromatic rings. The molecule has 0 saturated carbocycles. The molecule has 3 N–H and O–H groups in total. The summed E-state index contributed by atoms with van der Waals surface area (Å²) < 4.78 is 6.68. The molecular weight excluding hydrogens is 304 g/mol. The van der Waals surface area contributed by atoms with E-state index in [-0.39, 0.29) is 18.3 Å². The van der Waals surface area contributed by atoms with Crippen LogP contribution in [0.3, 0.4) is 0 Å². The summed E-state index contributed by atoms with van der Waals surface area (Å²) in [5.74, 6) is 0.260. The minimum absolute atomic E-state index is 0. The van der Waals surface area contributed by atoms with Crippen molar-refractivity contribution in [1.29, 1.82) is 0 Å². The van der Waals surface area contributed by atoms with Gasteiger partial charge in [-0.3, -0.25) is 9.48 Å². The Morgan fingerprint density at radius 1 is 1.36 bits per heavy atom. The molecule has 2 rings (SSSR count). The third-order valence-corrected chi connectivity index (χ3v) is 3.05. The van der Waals surface area contributed by atoms with Gasteiger partial charge in [0, 0.05) is 19.4 Å². The number of amides is 1. The van der Waals surface area contributed by atoms with Crippen LogP contribution in [-0.4, -0.2) is 35.4 Å². The van der Waals surface area contributed by atoms with Crippen molar-refractivity contribution in [3.05, 3.63) is 48.2 Å². The van der Waals surface area contributed by atoms with Crippen LogP contribution in [0.1, 0.15) is 5.56 Å². The average Bonchev–Trinajstić information content (AvgIpc) is 2.93. The largest absolute Gasteiger partial charge is 0.383 e. The Morgan fingerprint density at radius 2 is 2.09 bits per heavy atom. The summed E-state index contributed by atoms with van der Waals surface area (Å²) in [4.78, 5) is 12.0. The van der Waals surface area contributed by atoms with Gasteiger partial charge in [0.1, 0.15) is 0 Å². The Balaban J connectivity index is 0.00000242. The Morgan fingerprint density at radius 3 is 2.77 bits per heavy atom. The van der Waals surface area contributed by atoms with Gasteiger partial charge in [0.05, 0.1) is 19.2 Å². The number of ether oxygens (including phenoxy) is 1. The summed E-state index contributed by atoms with van der Waals surface area (Å²) in [5, 5.41) is 6.95. The number of carbonyl (C=O) groups is 1. The summed E-state index contributed by atoms with van der Waals surface area (Å²) in [6.45, 7) is 1.21. The Bertz CT molecular complexity index is 574. The lowest BCUT2D eigenvalue weighted by atomic mass is 10.1. The number of hydrogen-bond donors (Lipinski definition) is 2. The van der Waals surface area contributed by atoms with Crippen molar-refractivity contribution in [2.24, 2.45) is 5.73 Å². The maximum Gasteiger partial charge on any atom is 0.242 e. The number of rotatable bonds is 7. The van der Waals surface area contributed by atoms with Crippen LogP contribution in [0.2, 0.25) is 0 Å². The van der Waals surface area contributed by atoms with E-state index in [9.17, 15) is 4.79 Å². The molecule has 0 radical (unpaired) electrons. The fraction of sp³-hybridized carbons (Fsp3) is 0.333. The predicted octanol–water partition coefficient (Wildman–Crippen LogP) is 1.46. The Kier molecular flexibility index (Phi) is 7.59. The number of carbonyl (C=O) groups excluding carboxylic acids is 1. The number of halogens is 1. The van der Waals surface area contributed by atoms with Crippen LogP contribution in [-0.2, 0) is 22.5 Å². The number of benzene rings is 1. The molecule has 0 saturated heterocycles. The fourth-order valence-corrected chi connectivity index (χ4v) is 1.92. The molecule has 0 spiro atoms.